The number of halogens is 2. The molecule has 176 valence electrons. The average molecular weight is 565 g/mol. The lowest BCUT2D eigenvalue weighted by molar-refractivity contribution is 0.0170. The second-order valence-corrected chi connectivity index (χ2v) is 7.50. The second kappa shape index (κ2) is 12.6. The number of rotatable bonds is 7. The molecule has 1 aliphatic rings. The summed E-state index contributed by atoms with van der Waals surface area (Å²) in [4.78, 5) is 11.1. The molecule has 0 amide bonds. The van der Waals surface area contributed by atoms with E-state index in [-0.39, 0.29) is 35.8 Å². The fraction of sp³-hybridized carbons (Fsp3) is 0.348. The first-order valence-electron chi connectivity index (χ1n) is 10.7. The van der Waals surface area contributed by atoms with Crippen LogP contribution in [0.3, 0.4) is 0 Å². The molecular formula is C23H29FIN7O. The fourth-order valence-corrected chi connectivity index (χ4v) is 3.73. The first kappa shape index (κ1) is 25.1. The Morgan fingerprint density at radius 2 is 1.94 bits per heavy atom. The van der Waals surface area contributed by atoms with Crippen molar-refractivity contribution in [2.45, 2.75) is 12.6 Å². The third kappa shape index (κ3) is 6.95. The Morgan fingerprint density at radius 1 is 1.15 bits per heavy atom. The van der Waals surface area contributed by atoms with Gasteiger partial charge in [-0.05, 0) is 41.5 Å². The molecule has 2 aromatic heterocycles. The topological polar surface area (TPSA) is 79.6 Å². The molecule has 0 radical (unpaired) electrons. The maximum absolute atomic E-state index is 13.5. The van der Waals surface area contributed by atoms with Crippen LogP contribution in [0.2, 0.25) is 0 Å². The van der Waals surface area contributed by atoms with Gasteiger partial charge in [0, 0.05) is 51.8 Å². The van der Waals surface area contributed by atoms with Gasteiger partial charge in [0.15, 0.2) is 11.8 Å². The summed E-state index contributed by atoms with van der Waals surface area (Å²) in [5, 5.41) is 11.0. The van der Waals surface area contributed by atoms with Crippen LogP contribution >= 0.6 is 24.0 Å². The van der Waals surface area contributed by atoms with Crippen molar-refractivity contribution in [1.29, 1.82) is 0 Å². The molecule has 0 bridgehead atoms. The number of benzene rings is 1. The summed E-state index contributed by atoms with van der Waals surface area (Å²) in [7, 11) is 1.75. The van der Waals surface area contributed by atoms with Gasteiger partial charge in [-0.15, -0.1) is 24.0 Å². The van der Waals surface area contributed by atoms with Crippen molar-refractivity contribution in [1.82, 2.24) is 30.3 Å². The number of nitrogens with zero attached hydrogens (tertiary/aromatic N) is 5. The molecule has 0 saturated carbocycles. The number of morpholine rings is 1. The molecule has 4 rings (SSSR count). The number of aromatic nitrogens is 3. The zero-order chi connectivity index (χ0) is 22.2. The summed E-state index contributed by atoms with van der Waals surface area (Å²) in [6, 6.07) is 12.6. The summed E-state index contributed by atoms with van der Waals surface area (Å²) >= 11 is 0. The van der Waals surface area contributed by atoms with Gasteiger partial charge in [0.1, 0.15) is 5.82 Å². The molecule has 1 saturated heterocycles. The Labute approximate surface area is 210 Å². The van der Waals surface area contributed by atoms with Gasteiger partial charge in [-0.3, -0.25) is 9.89 Å². The lowest BCUT2D eigenvalue weighted by atomic mass is 10.0. The molecule has 10 heteroatoms. The molecule has 1 aliphatic heterocycles. The standard InChI is InChI=1S/C23H28FN7O.HI/c1-25-23(27-16-18-7-9-26-22(15-18)31-10-2-8-29-31)28-17-21(30-11-13-32-14-12-30)19-3-5-20(24)6-4-19;/h2-10,15,21H,11-14,16-17H2,1H3,(H2,25,27,28);1H. The van der Waals surface area contributed by atoms with E-state index in [1.807, 2.05) is 36.5 Å². The van der Waals surface area contributed by atoms with Gasteiger partial charge in [-0.2, -0.15) is 5.10 Å². The number of ether oxygens (including phenoxy) is 1. The lowest BCUT2D eigenvalue weighted by Crippen LogP contribution is -2.46. The Hall–Kier alpha value is -2.57. The monoisotopic (exact) mass is 565 g/mol. The third-order valence-electron chi connectivity index (χ3n) is 5.44. The second-order valence-electron chi connectivity index (χ2n) is 7.50. The third-order valence-corrected chi connectivity index (χ3v) is 5.44. The van der Waals surface area contributed by atoms with E-state index < -0.39 is 0 Å². The predicted molar refractivity (Wildman–Crippen MR) is 137 cm³/mol. The van der Waals surface area contributed by atoms with Crippen LogP contribution in [-0.2, 0) is 11.3 Å². The van der Waals surface area contributed by atoms with Crippen molar-refractivity contribution in [3.05, 3.63) is 78.0 Å². The van der Waals surface area contributed by atoms with Gasteiger partial charge in [0.2, 0.25) is 0 Å². The van der Waals surface area contributed by atoms with E-state index in [4.69, 9.17) is 4.74 Å². The maximum Gasteiger partial charge on any atom is 0.191 e. The molecular weight excluding hydrogens is 536 g/mol. The minimum absolute atomic E-state index is 0. The highest BCUT2D eigenvalue weighted by Crippen LogP contribution is 2.21. The SMILES string of the molecule is CN=C(NCc1ccnc(-n2cccn2)c1)NCC(c1ccc(F)cc1)N1CCOCC1.I. The van der Waals surface area contributed by atoms with Gasteiger partial charge >= 0.3 is 0 Å². The molecule has 1 atom stereocenters. The van der Waals surface area contributed by atoms with Crippen LogP contribution in [0.25, 0.3) is 5.82 Å². The Balaban J connectivity index is 0.00000306. The zero-order valence-electron chi connectivity index (χ0n) is 18.5. The van der Waals surface area contributed by atoms with Crippen molar-refractivity contribution in [3.63, 3.8) is 0 Å². The van der Waals surface area contributed by atoms with Gasteiger partial charge in [0.05, 0.1) is 19.3 Å². The molecule has 0 aliphatic carbocycles. The normalized spacial score (nSPS) is 15.5. The number of hydrogen-bond acceptors (Lipinski definition) is 5. The minimum atomic E-state index is -0.230. The number of aliphatic imine (C=N–C) groups is 1. The molecule has 8 nitrogen and oxygen atoms in total. The van der Waals surface area contributed by atoms with Crippen LogP contribution in [0.1, 0.15) is 17.2 Å². The van der Waals surface area contributed by atoms with E-state index in [9.17, 15) is 4.39 Å². The van der Waals surface area contributed by atoms with E-state index in [0.29, 0.717) is 32.3 Å². The molecule has 1 aromatic carbocycles. The van der Waals surface area contributed by atoms with Gasteiger partial charge in [-0.1, -0.05) is 12.1 Å². The highest BCUT2D eigenvalue weighted by Gasteiger charge is 2.23. The lowest BCUT2D eigenvalue weighted by Gasteiger charge is -2.35. The van der Waals surface area contributed by atoms with Gasteiger partial charge < -0.3 is 15.4 Å². The minimum Gasteiger partial charge on any atom is -0.379 e. The quantitative estimate of drug-likeness (QED) is 0.261. The van der Waals surface area contributed by atoms with E-state index in [2.05, 4.69) is 30.6 Å². The van der Waals surface area contributed by atoms with E-state index >= 15 is 0 Å². The molecule has 0 spiro atoms. The Bertz CT molecular complexity index is 1010. The van der Waals surface area contributed by atoms with E-state index in [1.165, 1.54) is 12.1 Å². The summed E-state index contributed by atoms with van der Waals surface area (Å²) in [5.74, 6) is 1.23. The van der Waals surface area contributed by atoms with Crippen LogP contribution < -0.4 is 10.6 Å². The fourth-order valence-electron chi connectivity index (χ4n) is 3.73. The molecule has 33 heavy (non-hydrogen) atoms. The number of nitrogens with one attached hydrogen (secondary N) is 2. The number of guanidine groups is 1. The van der Waals surface area contributed by atoms with Crippen LogP contribution in [0.4, 0.5) is 4.39 Å². The number of pyridine rings is 1. The van der Waals surface area contributed by atoms with Gasteiger partial charge in [-0.25, -0.2) is 14.1 Å². The molecule has 3 aromatic rings. The molecule has 1 fully saturated rings. The summed E-state index contributed by atoms with van der Waals surface area (Å²) in [5.41, 5.74) is 2.13. The van der Waals surface area contributed by atoms with Gasteiger partial charge in [0.25, 0.3) is 0 Å². The summed E-state index contributed by atoms with van der Waals surface area (Å²) in [6.45, 7) is 4.30. The molecule has 2 N–H and O–H groups in total. The van der Waals surface area contributed by atoms with Crippen molar-refractivity contribution < 1.29 is 9.13 Å². The summed E-state index contributed by atoms with van der Waals surface area (Å²) < 4.78 is 20.7. The van der Waals surface area contributed by atoms with Crippen molar-refractivity contribution in [2.24, 2.45) is 4.99 Å². The van der Waals surface area contributed by atoms with Crippen molar-refractivity contribution in [3.8, 4) is 5.82 Å². The van der Waals surface area contributed by atoms with Crippen LogP contribution in [0, 0.1) is 5.82 Å². The molecule has 1 unspecified atom stereocenters. The first-order valence-corrected chi connectivity index (χ1v) is 10.7. The highest BCUT2D eigenvalue weighted by atomic mass is 127. The number of hydrogen-bond donors (Lipinski definition) is 2. The highest BCUT2D eigenvalue weighted by molar-refractivity contribution is 14.0. The Morgan fingerprint density at radius 3 is 2.64 bits per heavy atom. The average Bonchev–Trinajstić information content (AvgIpc) is 3.38. The smallest absolute Gasteiger partial charge is 0.191 e. The Kier molecular flexibility index (Phi) is 9.58. The van der Waals surface area contributed by atoms with Crippen LogP contribution in [0.15, 0.2) is 66.0 Å². The maximum atomic E-state index is 13.5. The van der Waals surface area contributed by atoms with Crippen LogP contribution in [0.5, 0.6) is 0 Å². The van der Waals surface area contributed by atoms with Crippen molar-refractivity contribution >= 4 is 29.9 Å². The van der Waals surface area contributed by atoms with E-state index in [1.54, 1.807) is 24.1 Å². The van der Waals surface area contributed by atoms with E-state index in [0.717, 1.165) is 30.0 Å². The first-order chi connectivity index (χ1) is 15.7. The summed E-state index contributed by atoms with van der Waals surface area (Å²) in [6.07, 6.45) is 5.36. The largest absolute Gasteiger partial charge is 0.379 e. The van der Waals surface area contributed by atoms with Crippen LogP contribution in [-0.4, -0.2) is 65.5 Å². The molecule has 3 heterocycles. The van der Waals surface area contributed by atoms with Crippen molar-refractivity contribution in [2.75, 3.05) is 39.9 Å². The predicted octanol–water partition coefficient (Wildman–Crippen LogP) is 2.76. The zero-order valence-corrected chi connectivity index (χ0v) is 20.9.